The van der Waals surface area contributed by atoms with Crippen LogP contribution in [-0.4, -0.2) is 57.1 Å². The molecule has 0 bridgehead atoms. The number of hydrogen-bond donors (Lipinski definition) is 1. The van der Waals surface area contributed by atoms with Gasteiger partial charge in [-0.05, 0) is 48.5 Å². The zero-order valence-electron chi connectivity index (χ0n) is 15.8. The third kappa shape index (κ3) is 5.86. The standard InChI is InChI=1S/C18H21N3O5S.Na/c1-26-17-8-2-14(3-9-17)18(22)21-12-10-20(11-13-21)16-6-4-15(5-7-16)19-27(23,24)25;/h2-9,19H,10-13H2,1H3,(H,23,24,25);/q;+1/p-1. The van der Waals surface area contributed by atoms with Gasteiger partial charge in [0.25, 0.3) is 5.91 Å². The van der Waals surface area contributed by atoms with Crippen molar-refractivity contribution >= 4 is 27.6 Å². The fourth-order valence-electron chi connectivity index (χ4n) is 2.97. The molecule has 1 heterocycles. The van der Waals surface area contributed by atoms with Crippen molar-refractivity contribution in [3.05, 3.63) is 54.1 Å². The molecule has 1 saturated heterocycles. The first-order valence-electron chi connectivity index (χ1n) is 8.38. The molecule has 144 valence electrons. The van der Waals surface area contributed by atoms with Crippen LogP contribution in [0.2, 0.25) is 0 Å². The Bertz CT molecular complexity index is 896. The number of carbonyl (C=O) groups is 1. The molecule has 1 aliphatic rings. The Labute approximate surface area is 186 Å². The zero-order chi connectivity index (χ0) is 19.4. The Hall–Kier alpha value is -1.78. The molecule has 0 aromatic heterocycles. The summed E-state index contributed by atoms with van der Waals surface area (Å²) < 4.78 is 39.2. The third-order valence-electron chi connectivity index (χ3n) is 4.38. The first-order valence-corrected chi connectivity index (χ1v) is 9.78. The zero-order valence-corrected chi connectivity index (χ0v) is 18.6. The molecule has 0 aliphatic carbocycles. The molecule has 2 aromatic rings. The number of nitrogens with one attached hydrogen (secondary N) is 1. The Kier molecular flexibility index (Phi) is 7.73. The van der Waals surface area contributed by atoms with Crippen molar-refractivity contribution in [3.8, 4) is 5.75 Å². The summed E-state index contributed by atoms with van der Waals surface area (Å²) in [5.41, 5.74) is 1.75. The fourth-order valence-corrected chi connectivity index (χ4v) is 3.39. The van der Waals surface area contributed by atoms with Crippen LogP contribution >= 0.6 is 0 Å². The van der Waals surface area contributed by atoms with Crippen LogP contribution in [0.15, 0.2) is 48.5 Å². The van der Waals surface area contributed by atoms with E-state index in [0.29, 0.717) is 37.5 Å². The van der Waals surface area contributed by atoms with Gasteiger partial charge in [-0.15, -0.1) is 0 Å². The maximum atomic E-state index is 12.6. The summed E-state index contributed by atoms with van der Waals surface area (Å²) in [7, 11) is -2.95. The molecule has 0 radical (unpaired) electrons. The van der Waals surface area contributed by atoms with Gasteiger partial charge in [0.1, 0.15) is 5.75 Å². The summed E-state index contributed by atoms with van der Waals surface area (Å²) in [6.45, 7) is 2.49. The van der Waals surface area contributed by atoms with Gasteiger partial charge in [0.2, 0.25) is 0 Å². The molecule has 0 atom stereocenters. The third-order valence-corrected chi connectivity index (χ3v) is 4.86. The van der Waals surface area contributed by atoms with E-state index < -0.39 is 10.3 Å². The second-order valence-corrected chi connectivity index (χ2v) is 7.22. The number of piperazine rings is 1. The molecule has 1 amide bonds. The molecular weight excluding hydrogens is 393 g/mol. The predicted octanol–water partition coefficient (Wildman–Crippen LogP) is -1.47. The summed E-state index contributed by atoms with van der Waals surface area (Å²) in [5, 5.41) is 0. The van der Waals surface area contributed by atoms with Crippen LogP contribution in [-0.2, 0) is 10.3 Å². The molecule has 1 N–H and O–H groups in total. The number of hydrogen-bond acceptors (Lipinski definition) is 6. The van der Waals surface area contributed by atoms with Crippen molar-refractivity contribution in [2.45, 2.75) is 0 Å². The summed E-state index contributed by atoms with van der Waals surface area (Å²) >= 11 is 0. The summed E-state index contributed by atoms with van der Waals surface area (Å²) in [6.07, 6.45) is 0. The second kappa shape index (κ2) is 9.62. The Morgan fingerprint density at radius 3 is 2.07 bits per heavy atom. The van der Waals surface area contributed by atoms with E-state index in [9.17, 15) is 17.8 Å². The van der Waals surface area contributed by atoms with Crippen molar-refractivity contribution in [3.63, 3.8) is 0 Å². The molecule has 3 rings (SSSR count). The second-order valence-electron chi connectivity index (χ2n) is 6.11. The van der Waals surface area contributed by atoms with E-state index in [1.54, 1.807) is 60.5 Å². The van der Waals surface area contributed by atoms with Crippen LogP contribution in [0.5, 0.6) is 5.75 Å². The minimum atomic E-state index is -4.53. The van der Waals surface area contributed by atoms with Gasteiger partial charge in [-0.25, -0.2) is 8.42 Å². The Morgan fingerprint density at radius 1 is 1.00 bits per heavy atom. The van der Waals surface area contributed by atoms with Gasteiger partial charge in [-0.1, -0.05) is 0 Å². The van der Waals surface area contributed by atoms with Crippen LogP contribution < -0.4 is 43.9 Å². The smallest absolute Gasteiger partial charge is 0.731 e. The van der Waals surface area contributed by atoms with Gasteiger partial charge in [0.05, 0.1) is 7.11 Å². The minimum Gasteiger partial charge on any atom is -0.731 e. The van der Waals surface area contributed by atoms with Gasteiger partial charge in [-0.2, -0.15) is 0 Å². The molecule has 0 unspecified atom stereocenters. The van der Waals surface area contributed by atoms with Crippen molar-refractivity contribution in [2.75, 3.05) is 42.9 Å². The van der Waals surface area contributed by atoms with Crippen LogP contribution in [0.4, 0.5) is 11.4 Å². The summed E-state index contributed by atoms with van der Waals surface area (Å²) in [4.78, 5) is 16.5. The van der Waals surface area contributed by atoms with E-state index in [1.165, 1.54) is 0 Å². The number of anilines is 2. The largest absolute Gasteiger partial charge is 1.00 e. The van der Waals surface area contributed by atoms with E-state index in [4.69, 9.17) is 4.74 Å². The summed E-state index contributed by atoms with van der Waals surface area (Å²) in [5.74, 6) is 0.691. The van der Waals surface area contributed by atoms with Crippen LogP contribution in [0.25, 0.3) is 0 Å². The molecule has 0 spiro atoms. The van der Waals surface area contributed by atoms with E-state index in [-0.39, 0.29) is 41.2 Å². The number of amides is 1. The molecule has 2 aromatic carbocycles. The number of carbonyl (C=O) groups excluding carboxylic acids is 1. The molecule has 1 fully saturated rings. The van der Waals surface area contributed by atoms with Crippen molar-refractivity contribution in [2.24, 2.45) is 0 Å². The first kappa shape index (κ1) is 22.5. The average molecular weight is 413 g/mol. The summed E-state index contributed by atoms with van der Waals surface area (Å²) in [6, 6.07) is 13.6. The number of nitrogens with zero attached hydrogens (tertiary/aromatic N) is 2. The number of rotatable bonds is 5. The SMILES string of the molecule is COc1ccc(C(=O)N2CCN(c3ccc(NS(=O)(=O)[O-])cc3)CC2)cc1.[Na+]. The van der Waals surface area contributed by atoms with Crippen molar-refractivity contribution in [1.29, 1.82) is 0 Å². The Morgan fingerprint density at radius 2 is 1.57 bits per heavy atom. The number of ether oxygens (including phenoxy) is 1. The van der Waals surface area contributed by atoms with Gasteiger partial charge in [-0.3, -0.25) is 9.52 Å². The monoisotopic (exact) mass is 413 g/mol. The normalized spacial score (nSPS) is 14.2. The molecule has 8 nitrogen and oxygen atoms in total. The van der Waals surface area contributed by atoms with Crippen molar-refractivity contribution in [1.82, 2.24) is 4.90 Å². The van der Waals surface area contributed by atoms with Gasteiger partial charge < -0.3 is 19.1 Å². The Balaban J connectivity index is 0.00000280. The van der Waals surface area contributed by atoms with E-state index in [0.717, 1.165) is 5.69 Å². The average Bonchev–Trinajstić information content (AvgIpc) is 2.67. The van der Waals surface area contributed by atoms with Gasteiger partial charge in [0.15, 0.2) is 10.3 Å². The quantitative estimate of drug-likeness (QED) is 0.475. The molecule has 10 heteroatoms. The molecular formula is C18H20N3NaO5S. The maximum Gasteiger partial charge on any atom is 1.00 e. The maximum absolute atomic E-state index is 12.6. The van der Waals surface area contributed by atoms with Crippen LogP contribution in [0.3, 0.4) is 0 Å². The molecule has 1 aliphatic heterocycles. The fraction of sp³-hybridized carbons (Fsp3) is 0.278. The number of methoxy groups -OCH3 is 1. The van der Waals surface area contributed by atoms with E-state index >= 15 is 0 Å². The predicted molar refractivity (Wildman–Crippen MR) is 101 cm³/mol. The van der Waals surface area contributed by atoms with Crippen LogP contribution in [0.1, 0.15) is 10.4 Å². The minimum absolute atomic E-state index is 0. The molecule has 0 saturated carbocycles. The molecule has 28 heavy (non-hydrogen) atoms. The van der Waals surface area contributed by atoms with Crippen molar-refractivity contribution < 1.29 is 52.1 Å². The van der Waals surface area contributed by atoms with Gasteiger partial charge >= 0.3 is 29.6 Å². The first-order chi connectivity index (χ1) is 12.9. The van der Waals surface area contributed by atoms with Crippen LogP contribution in [0, 0.1) is 0 Å². The topological polar surface area (TPSA) is 102 Å². The van der Waals surface area contributed by atoms with E-state index in [2.05, 4.69) is 4.90 Å². The number of benzene rings is 2. The van der Waals surface area contributed by atoms with E-state index in [1.807, 2.05) is 4.72 Å². The van der Waals surface area contributed by atoms with Gasteiger partial charge in [0, 0.05) is 43.1 Å².